The molecule has 0 saturated carbocycles. The van der Waals surface area contributed by atoms with Gasteiger partial charge in [0.15, 0.2) is 0 Å². The molecule has 4 heteroatoms. The fraction of sp³-hybridized carbons (Fsp3) is 0.538. The molecule has 0 aromatic heterocycles. The van der Waals surface area contributed by atoms with E-state index in [9.17, 15) is 4.39 Å². The topological polar surface area (TPSA) is 12.0 Å². The summed E-state index contributed by atoms with van der Waals surface area (Å²) in [6.07, 6.45) is 2.65. The Morgan fingerprint density at radius 3 is 3.06 bits per heavy atom. The minimum Gasteiger partial charge on any atom is -0.309 e. The van der Waals surface area contributed by atoms with Crippen molar-refractivity contribution in [2.45, 2.75) is 31.1 Å². The second-order valence-corrected chi connectivity index (χ2v) is 6.69. The van der Waals surface area contributed by atoms with E-state index in [1.165, 1.54) is 30.7 Å². The molecule has 0 amide bonds. The van der Waals surface area contributed by atoms with E-state index in [1.54, 1.807) is 0 Å². The number of halogens is 2. The SMILES string of the molecule is CC(NCC1CCCS1)c1ccc(F)cc1Br. The van der Waals surface area contributed by atoms with Crippen molar-refractivity contribution in [1.29, 1.82) is 0 Å². The zero-order valence-electron chi connectivity index (χ0n) is 9.88. The summed E-state index contributed by atoms with van der Waals surface area (Å²) in [5.74, 6) is 1.10. The third-order valence-corrected chi connectivity index (χ3v) is 5.19. The summed E-state index contributed by atoms with van der Waals surface area (Å²) in [5.41, 5.74) is 1.12. The summed E-state index contributed by atoms with van der Waals surface area (Å²) in [4.78, 5) is 0. The van der Waals surface area contributed by atoms with Gasteiger partial charge in [-0.1, -0.05) is 22.0 Å². The van der Waals surface area contributed by atoms with Gasteiger partial charge < -0.3 is 5.32 Å². The lowest BCUT2D eigenvalue weighted by molar-refractivity contribution is 0.555. The van der Waals surface area contributed by atoms with Crippen LogP contribution < -0.4 is 5.32 Å². The van der Waals surface area contributed by atoms with Crippen LogP contribution in [0.1, 0.15) is 31.4 Å². The van der Waals surface area contributed by atoms with Crippen LogP contribution in [0.4, 0.5) is 4.39 Å². The highest BCUT2D eigenvalue weighted by molar-refractivity contribution is 9.10. The third kappa shape index (κ3) is 3.70. The summed E-state index contributed by atoms with van der Waals surface area (Å²) >= 11 is 5.47. The van der Waals surface area contributed by atoms with Gasteiger partial charge in [-0.05, 0) is 43.2 Å². The molecule has 2 unspecified atom stereocenters. The average molecular weight is 318 g/mol. The van der Waals surface area contributed by atoms with Crippen LogP contribution in [-0.2, 0) is 0 Å². The summed E-state index contributed by atoms with van der Waals surface area (Å²) in [6, 6.07) is 5.14. The van der Waals surface area contributed by atoms with Crippen molar-refractivity contribution >= 4 is 27.7 Å². The van der Waals surface area contributed by atoms with Crippen molar-refractivity contribution < 1.29 is 4.39 Å². The van der Waals surface area contributed by atoms with Crippen molar-refractivity contribution in [3.05, 3.63) is 34.1 Å². The highest BCUT2D eigenvalue weighted by Gasteiger charge is 2.17. The lowest BCUT2D eigenvalue weighted by atomic mass is 10.1. The van der Waals surface area contributed by atoms with Gasteiger partial charge in [-0.3, -0.25) is 0 Å². The van der Waals surface area contributed by atoms with Gasteiger partial charge in [0, 0.05) is 22.3 Å². The predicted molar refractivity (Wildman–Crippen MR) is 76.0 cm³/mol. The van der Waals surface area contributed by atoms with Gasteiger partial charge in [-0.15, -0.1) is 0 Å². The van der Waals surface area contributed by atoms with Crippen LogP contribution in [-0.4, -0.2) is 17.5 Å². The molecule has 1 nitrogen and oxygen atoms in total. The van der Waals surface area contributed by atoms with Gasteiger partial charge in [0.05, 0.1) is 0 Å². The first-order valence-electron chi connectivity index (χ1n) is 5.97. The Hall–Kier alpha value is -0.0600. The molecule has 2 atom stereocenters. The minimum atomic E-state index is -0.195. The van der Waals surface area contributed by atoms with Crippen molar-refractivity contribution in [1.82, 2.24) is 5.32 Å². The molecular formula is C13H17BrFNS. The Balaban J connectivity index is 1.91. The third-order valence-electron chi connectivity index (χ3n) is 3.10. The van der Waals surface area contributed by atoms with Gasteiger partial charge in [0.25, 0.3) is 0 Å². The van der Waals surface area contributed by atoms with Crippen molar-refractivity contribution in [3.8, 4) is 0 Å². The van der Waals surface area contributed by atoms with E-state index in [2.05, 4.69) is 39.9 Å². The molecule has 1 aliphatic rings. The molecule has 1 aromatic carbocycles. The van der Waals surface area contributed by atoms with E-state index in [-0.39, 0.29) is 11.9 Å². The maximum absolute atomic E-state index is 13.0. The fourth-order valence-corrected chi connectivity index (χ4v) is 3.98. The molecule has 1 aromatic rings. The first-order valence-corrected chi connectivity index (χ1v) is 7.81. The monoisotopic (exact) mass is 317 g/mol. The van der Waals surface area contributed by atoms with E-state index in [4.69, 9.17) is 0 Å². The largest absolute Gasteiger partial charge is 0.309 e. The maximum atomic E-state index is 13.0. The highest BCUT2D eigenvalue weighted by atomic mass is 79.9. The van der Waals surface area contributed by atoms with Crippen LogP contribution in [0, 0.1) is 5.82 Å². The van der Waals surface area contributed by atoms with Gasteiger partial charge >= 0.3 is 0 Å². The molecule has 94 valence electrons. The molecule has 0 spiro atoms. The molecule has 1 saturated heterocycles. The fourth-order valence-electron chi connectivity index (χ4n) is 2.08. The van der Waals surface area contributed by atoms with E-state index in [0.717, 1.165) is 21.8 Å². The molecule has 1 heterocycles. The van der Waals surface area contributed by atoms with Crippen LogP contribution in [0.25, 0.3) is 0 Å². The molecule has 0 bridgehead atoms. The smallest absolute Gasteiger partial charge is 0.124 e. The lowest BCUT2D eigenvalue weighted by Gasteiger charge is -2.18. The van der Waals surface area contributed by atoms with E-state index >= 15 is 0 Å². The molecule has 0 radical (unpaired) electrons. The quantitative estimate of drug-likeness (QED) is 0.896. The van der Waals surface area contributed by atoms with Gasteiger partial charge in [0.2, 0.25) is 0 Å². The van der Waals surface area contributed by atoms with E-state index < -0.39 is 0 Å². The predicted octanol–water partition coefficient (Wildman–Crippen LogP) is 4.13. The number of nitrogens with one attached hydrogen (secondary N) is 1. The molecule has 17 heavy (non-hydrogen) atoms. The second kappa shape index (κ2) is 6.21. The molecule has 1 fully saturated rings. The Kier molecular flexibility index (Phi) is 4.88. The van der Waals surface area contributed by atoms with E-state index in [1.807, 2.05) is 6.07 Å². The molecule has 1 N–H and O–H groups in total. The number of hydrogen-bond acceptors (Lipinski definition) is 2. The number of thioether (sulfide) groups is 1. The first-order chi connectivity index (χ1) is 8.16. The van der Waals surface area contributed by atoms with Gasteiger partial charge in [-0.25, -0.2) is 4.39 Å². The van der Waals surface area contributed by atoms with Crippen molar-refractivity contribution in [2.75, 3.05) is 12.3 Å². The normalized spacial score (nSPS) is 21.7. The van der Waals surface area contributed by atoms with Crippen LogP contribution in [0.2, 0.25) is 0 Å². The molecule has 1 aliphatic heterocycles. The summed E-state index contributed by atoms with van der Waals surface area (Å²) in [5, 5.41) is 4.27. The zero-order valence-corrected chi connectivity index (χ0v) is 12.3. The Morgan fingerprint density at radius 1 is 1.59 bits per heavy atom. The van der Waals surface area contributed by atoms with Crippen molar-refractivity contribution in [3.63, 3.8) is 0 Å². The summed E-state index contributed by atoms with van der Waals surface area (Å²) in [6.45, 7) is 3.16. The van der Waals surface area contributed by atoms with Gasteiger partial charge in [0.1, 0.15) is 5.82 Å². The van der Waals surface area contributed by atoms with Crippen molar-refractivity contribution in [2.24, 2.45) is 0 Å². The first kappa shape index (κ1) is 13.4. The Labute approximate surface area is 115 Å². The Bertz CT molecular complexity index is 380. The summed E-state index contributed by atoms with van der Waals surface area (Å²) < 4.78 is 13.8. The minimum absolute atomic E-state index is 0.195. The van der Waals surface area contributed by atoms with Crippen LogP contribution >= 0.6 is 27.7 Å². The second-order valence-electron chi connectivity index (χ2n) is 4.43. The number of benzene rings is 1. The number of rotatable bonds is 4. The van der Waals surface area contributed by atoms with Crippen LogP contribution in [0.3, 0.4) is 0 Å². The number of hydrogen-bond donors (Lipinski definition) is 1. The summed E-state index contributed by atoms with van der Waals surface area (Å²) in [7, 11) is 0. The van der Waals surface area contributed by atoms with Crippen LogP contribution in [0.5, 0.6) is 0 Å². The highest BCUT2D eigenvalue weighted by Crippen LogP contribution is 2.27. The zero-order chi connectivity index (χ0) is 12.3. The molecule has 0 aliphatic carbocycles. The van der Waals surface area contributed by atoms with E-state index in [0.29, 0.717) is 0 Å². The molecule has 2 rings (SSSR count). The lowest BCUT2D eigenvalue weighted by Crippen LogP contribution is -2.26. The standard InChI is InChI=1S/C13H17BrFNS/c1-9(16-8-11-3-2-6-17-11)12-5-4-10(15)7-13(12)14/h4-5,7,9,11,16H,2-3,6,8H2,1H3. The molecular weight excluding hydrogens is 301 g/mol. The van der Waals surface area contributed by atoms with Gasteiger partial charge in [-0.2, -0.15) is 11.8 Å². The van der Waals surface area contributed by atoms with Crippen LogP contribution in [0.15, 0.2) is 22.7 Å². The average Bonchev–Trinajstić information content (AvgIpc) is 2.78. The maximum Gasteiger partial charge on any atom is 0.124 e. The Morgan fingerprint density at radius 2 is 2.41 bits per heavy atom.